The fraction of sp³-hybridized carbons (Fsp3) is 0.267. The van der Waals surface area contributed by atoms with Crippen LogP contribution < -0.4 is 9.80 Å². The number of carbonyl (C=O) groups is 1. The Balaban J connectivity index is 1.65. The van der Waals surface area contributed by atoms with Crippen molar-refractivity contribution in [3.63, 3.8) is 0 Å². The van der Waals surface area contributed by atoms with Crippen LogP contribution in [0.1, 0.15) is 9.67 Å². The van der Waals surface area contributed by atoms with Gasteiger partial charge in [0.2, 0.25) is 0 Å². The third-order valence-corrected chi connectivity index (χ3v) is 4.47. The van der Waals surface area contributed by atoms with E-state index in [9.17, 15) is 4.79 Å². The van der Waals surface area contributed by atoms with Gasteiger partial charge < -0.3 is 14.9 Å². The highest BCUT2D eigenvalue weighted by atomic mass is 32.1. The van der Waals surface area contributed by atoms with Gasteiger partial charge in [-0.05, 0) is 18.2 Å². The number of benzene rings is 1. The standard InChI is InChI=1S/C15H16N2O2S/c18-15(19)14-10-13(11-20-14)17-8-6-16(7-9-17)12-4-2-1-3-5-12/h1-5,10-11H,6-9H2,(H,18,19). The van der Waals surface area contributed by atoms with Gasteiger partial charge >= 0.3 is 5.97 Å². The first kappa shape index (κ1) is 13.0. The smallest absolute Gasteiger partial charge is 0.345 e. The SMILES string of the molecule is O=C(O)c1cc(N2CCN(c3ccccc3)CC2)cs1. The van der Waals surface area contributed by atoms with E-state index in [1.165, 1.54) is 17.0 Å². The molecule has 0 amide bonds. The molecule has 3 rings (SSSR count). The Morgan fingerprint density at radius 1 is 1.00 bits per heavy atom. The molecule has 1 aromatic heterocycles. The maximum atomic E-state index is 10.9. The van der Waals surface area contributed by atoms with Crippen molar-refractivity contribution < 1.29 is 9.90 Å². The molecule has 0 radical (unpaired) electrons. The van der Waals surface area contributed by atoms with Crippen LogP contribution in [0.4, 0.5) is 11.4 Å². The number of hydrogen-bond donors (Lipinski definition) is 1. The molecule has 1 fully saturated rings. The van der Waals surface area contributed by atoms with Gasteiger partial charge in [0.1, 0.15) is 4.88 Å². The van der Waals surface area contributed by atoms with Crippen molar-refractivity contribution in [3.8, 4) is 0 Å². The third kappa shape index (κ3) is 2.63. The van der Waals surface area contributed by atoms with Gasteiger partial charge in [-0.3, -0.25) is 0 Å². The maximum Gasteiger partial charge on any atom is 0.345 e. The topological polar surface area (TPSA) is 43.8 Å². The molecule has 104 valence electrons. The summed E-state index contributed by atoms with van der Waals surface area (Å²) in [6.45, 7) is 3.76. The van der Waals surface area contributed by atoms with Gasteiger partial charge in [0, 0.05) is 42.9 Å². The molecule has 1 saturated heterocycles. The van der Waals surface area contributed by atoms with E-state index in [4.69, 9.17) is 5.11 Å². The van der Waals surface area contributed by atoms with Crippen LogP contribution in [0, 0.1) is 0 Å². The van der Waals surface area contributed by atoms with Gasteiger partial charge in [-0.15, -0.1) is 11.3 Å². The summed E-state index contributed by atoms with van der Waals surface area (Å²) in [4.78, 5) is 15.9. The van der Waals surface area contributed by atoms with Gasteiger partial charge in [0.25, 0.3) is 0 Å². The lowest BCUT2D eigenvalue weighted by atomic mass is 10.2. The largest absolute Gasteiger partial charge is 0.477 e. The Labute approximate surface area is 121 Å². The van der Waals surface area contributed by atoms with Crippen LogP contribution in [0.25, 0.3) is 0 Å². The summed E-state index contributed by atoms with van der Waals surface area (Å²) in [6, 6.07) is 12.2. The summed E-state index contributed by atoms with van der Waals surface area (Å²) in [7, 11) is 0. The molecule has 0 saturated carbocycles. The number of para-hydroxylation sites is 1. The van der Waals surface area contributed by atoms with Crippen LogP contribution in [-0.4, -0.2) is 37.3 Å². The fourth-order valence-electron chi connectivity index (χ4n) is 2.47. The number of piperazine rings is 1. The number of aromatic carboxylic acids is 1. The zero-order chi connectivity index (χ0) is 13.9. The van der Waals surface area contributed by atoms with Gasteiger partial charge in [0.05, 0.1) is 0 Å². The molecule has 1 aromatic carbocycles. The Bertz CT molecular complexity index is 589. The molecule has 0 bridgehead atoms. The van der Waals surface area contributed by atoms with Crippen LogP contribution in [0.3, 0.4) is 0 Å². The summed E-state index contributed by atoms with van der Waals surface area (Å²) in [6.07, 6.45) is 0. The minimum atomic E-state index is -0.843. The van der Waals surface area contributed by atoms with E-state index in [-0.39, 0.29) is 0 Å². The second-order valence-electron chi connectivity index (χ2n) is 4.78. The van der Waals surface area contributed by atoms with Crippen LogP contribution in [0.15, 0.2) is 41.8 Å². The molecule has 1 aliphatic heterocycles. The first-order valence-corrected chi connectivity index (χ1v) is 7.49. The molecular formula is C15H16N2O2S. The zero-order valence-corrected chi connectivity index (χ0v) is 11.8. The summed E-state index contributed by atoms with van der Waals surface area (Å²) in [5.74, 6) is -0.843. The van der Waals surface area contributed by atoms with Crippen LogP contribution in [0.5, 0.6) is 0 Å². The fourth-order valence-corrected chi connectivity index (χ4v) is 3.22. The van der Waals surface area contributed by atoms with E-state index in [1.807, 2.05) is 11.4 Å². The number of nitrogens with zero attached hydrogens (tertiary/aromatic N) is 2. The van der Waals surface area contributed by atoms with Crippen molar-refractivity contribution in [2.45, 2.75) is 0 Å². The van der Waals surface area contributed by atoms with Gasteiger partial charge in [0.15, 0.2) is 0 Å². The number of carboxylic acids is 1. The van der Waals surface area contributed by atoms with E-state index in [1.54, 1.807) is 6.07 Å². The molecule has 0 aliphatic carbocycles. The number of thiophene rings is 1. The van der Waals surface area contributed by atoms with E-state index < -0.39 is 5.97 Å². The highest BCUT2D eigenvalue weighted by Crippen LogP contribution is 2.25. The maximum absolute atomic E-state index is 10.9. The normalized spacial score (nSPS) is 15.4. The Morgan fingerprint density at radius 3 is 2.15 bits per heavy atom. The Hall–Kier alpha value is -2.01. The van der Waals surface area contributed by atoms with Crippen molar-refractivity contribution >= 4 is 28.7 Å². The van der Waals surface area contributed by atoms with Gasteiger partial charge in [-0.1, -0.05) is 18.2 Å². The summed E-state index contributed by atoms with van der Waals surface area (Å²) in [5, 5.41) is 10.9. The van der Waals surface area contributed by atoms with E-state index in [2.05, 4.69) is 34.1 Å². The molecule has 0 spiro atoms. The minimum absolute atomic E-state index is 0.408. The van der Waals surface area contributed by atoms with Crippen molar-refractivity contribution in [2.75, 3.05) is 36.0 Å². The van der Waals surface area contributed by atoms with E-state index >= 15 is 0 Å². The number of hydrogen-bond acceptors (Lipinski definition) is 4. The van der Waals surface area contributed by atoms with Crippen molar-refractivity contribution in [1.82, 2.24) is 0 Å². The summed E-state index contributed by atoms with van der Waals surface area (Å²) >= 11 is 1.29. The highest BCUT2D eigenvalue weighted by Gasteiger charge is 2.19. The molecule has 4 nitrogen and oxygen atoms in total. The highest BCUT2D eigenvalue weighted by molar-refractivity contribution is 7.12. The predicted octanol–water partition coefficient (Wildman–Crippen LogP) is 2.77. The van der Waals surface area contributed by atoms with Crippen molar-refractivity contribution in [2.24, 2.45) is 0 Å². The summed E-state index contributed by atoms with van der Waals surface area (Å²) in [5.41, 5.74) is 2.28. The molecule has 0 atom stereocenters. The van der Waals surface area contributed by atoms with Gasteiger partial charge in [-0.2, -0.15) is 0 Å². The first-order chi connectivity index (χ1) is 9.74. The van der Waals surface area contributed by atoms with Crippen LogP contribution in [0.2, 0.25) is 0 Å². The van der Waals surface area contributed by atoms with E-state index in [0.29, 0.717) is 4.88 Å². The third-order valence-electron chi connectivity index (χ3n) is 3.56. The van der Waals surface area contributed by atoms with Crippen LogP contribution in [-0.2, 0) is 0 Å². The lowest BCUT2D eigenvalue weighted by Gasteiger charge is -2.36. The predicted molar refractivity (Wildman–Crippen MR) is 82.1 cm³/mol. The average Bonchev–Trinajstić information content (AvgIpc) is 2.98. The molecule has 2 aromatic rings. The monoisotopic (exact) mass is 288 g/mol. The first-order valence-electron chi connectivity index (χ1n) is 6.61. The lowest BCUT2D eigenvalue weighted by Crippen LogP contribution is -2.46. The molecule has 0 unspecified atom stereocenters. The average molecular weight is 288 g/mol. The number of anilines is 2. The van der Waals surface area contributed by atoms with E-state index in [0.717, 1.165) is 31.9 Å². The molecule has 2 heterocycles. The quantitative estimate of drug-likeness (QED) is 0.943. The number of carboxylic acid groups (broad SMARTS) is 1. The lowest BCUT2D eigenvalue weighted by molar-refractivity contribution is 0.0702. The van der Waals surface area contributed by atoms with Crippen LogP contribution >= 0.6 is 11.3 Å². The second kappa shape index (κ2) is 5.54. The molecular weight excluding hydrogens is 272 g/mol. The zero-order valence-electron chi connectivity index (χ0n) is 11.0. The Morgan fingerprint density at radius 2 is 1.60 bits per heavy atom. The molecule has 20 heavy (non-hydrogen) atoms. The Kier molecular flexibility index (Phi) is 3.60. The second-order valence-corrected chi connectivity index (χ2v) is 5.70. The summed E-state index contributed by atoms with van der Waals surface area (Å²) < 4.78 is 0. The van der Waals surface area contributed by atoms with Crippen molar-refractivity contribution in [1.29, 1.82) is 0 Å². The molecule has 5 heteroatoms. The van der Waals surface area contributed by atoms with Gasteiger partial charge in [-0.25, -0.2) is 4.79 Å². The molecule has 1 aliphatic rings. The number of rotatable bonds is 3. The minimum Gasteiger partial charge on any atom is -0.477 e. The van der Waals surface area contributed by atoms with Crippen molar-refractivity contribution in [3.05, 3.63) is 46.7 Å². The molecule has 1 N–H and O–H groups in total.